The van der Waals surface area contributed by atoms with Crippen molar-refractivity contribution in [1.82, 2.24) is 0 Å². The van der Waals surface area contributed by atoms with Gasteiger partial charge < -0.3 is 10.1 Å². The molecular weight excluding hydrogens is 276 g/mol. The molecule has 0 aliphatic heterocycles. The Morgan fingerprint density at radius 3 is 2.43 bits per heavy atom. The van der Waals surface area contributed by atoms with Crippen molar-refractivity contribution >= 4 is 11.6 Å². The van der Waals surface area contributed by atoms with Crippen molar-refractivity contribution in [2.45, 2.75) is 13.3 Å². The molecule has 0 radical (unpaired) electrons. The molecule has 0 bridgehead atoms. The third kappa shape index (κ3) is 4.02. The van der Waals surface area contributed by atoms with Crippen molar-refractivity contribution in [2.24, 2.45) is 0 Å². The van der Waals surface area contributed by atoms with Gasteiger partial charge in [-0.3, -0.25) is 4.79 Å². The molecule has 0 atom stereocenters. The molecule has 3 nitrogen and oxygen atoms in total. The van der Waals surface area contributed by atoms with E-state index in [1.807, 2.05) is 6.92 Å². The summed E-state index contributed by atoms with van der Waals surface area (Å²) in [6.07, 6.45) is 0.911. The lowest BCUT2D eigenvalue weighted by Gasteiger charge is -2.08. The fraction of sp³-hybridized carbons (Fsp3) is 0.188. The second-order valence-electron chi connectivity index (χ2n) is 4.46. The number of benzene rings is 2. The molecule has 0 fully saturated rings. The molecule has 110 valence electrons. The first-order valence-corrected chi connectivity index (χ1v) is 6.59. The highest BCUT2D eigenvalue weighted by atomic mass is 19.2. The summed E-state index contributed by atoms with van der Waals surface area (Å²) >= 11 is 0. The van der Waals surface area contributed by atoms with Crippen LogP contribution in [0.1, 0.15) is 23.7 Å². The van der Waals surface area contributed by atoms with Crippen LogP contribution in [0.3, 0.4) is 0 Å². The molecule has 5 heteroatoms. The maximum absolute atomic E-state index is 13.1. The number of nitrogens with one attached hydrogen (secondary N) is 1. The molecule has 0 aliphatic carbocycles. The highest BCUT2D eigenvalue weighted by Gasteiger charge is 2.10. The average Bonchev–Trinajstić information content (AvgIpc) is 2.49. The van der Waals surface area contributed by atoms with E-state index < -0.39 is 17.5 Å². The van der Waals surface area contributed by atoms with Gasteiger partial charge in [0.25, 0.3) is 5.91 Å². The maximum Gasteiger partial charge on any atom is 0.255 e. The molecular formula is C16H15F2NO2. The van der Waals surface area contributed by atoms with Crippen LogP contribution < -0.4 is 10.1 Å². The van der Waals surface area contributed by atoms with Crippen molar-refractivity contribution in [2.75, 3.05) is 11.9 Å². The third-order valence-electron chi connectivity index (χ3n) is 2.77. The Hall–Kier alpha value is -2.43. The first-order chi connectivity index (χ1) is 10.1. The summed E-state index contributed by atoms with van der Waals surface area (Å²) in [6.45, 7) is 2.64. The quantitative estimate of drug-likeness (QED) is 0.904. The van der Waals surface area contributed by atoms with Gasteiger partial charge in [-0.15, -0.1) is 0 Å². The Morgan fingerprint density at radius 1 is 1.10 bits per heavy atom. The zero-order valence-corrected chi connectivity index (χ0v) is 11.5. The van der Waals surface area contributed by atoms with Crippen LogP contribution in [-0.4, -0.2) is 12.5 Å². The maximum atomic E-state index is 13.1. The van der Waals surface area contributed by atoms with Crippen molar-refractivity contribution < 1.29 is 18.3 Å². The topological polar surface area (TPSA) is 38.3 Å². The Morgan fingerprint density at radius 2 is 1.81 bits per heavy atom. The molecule has 0 spiro atoms. The van der Waals surface area contributed by atoms with Gasteiger partial charge in [0, 0.05) is 11.3 Å². The van der Waals surface area contributed by atoms with E-state index in [4.69, 9.17) is 4.74 Å². The van der Waals surface area contributed by atoms with Crippen LogP contribution in [0.4, 0.5) is 14.5 Å². The summed E-state index contributed by atoms with van der Waals surface area (Å²) in [6, 6.07) is 9.85. The zero-order chi connectivity index (χ0) is 15.2. The highest BCUT2D eigenvalue weighted by molar-refractivity contribution is 6.04. The molecule has 1 N–H and O–H groups in total. The average molecular weight is 291 g/mol. The van der Waals surface area contributed by atoms with Gasteiger partial charge >= 0.3 is 0 Å². The number of hydrogen-bond acceptors (Lipinski definition) is 2. The molecule has 0 heterocycles. The number of rotatable bonds is 5. The normalized spacial score (nSPS) is 10.2. The summed E-state index contributed by atoms with van der Waals surface area (Å²) in [7, 11) is 0. The standard InChI is InChI=1S/C16H15F2NO2/c1-2-9-21-13-6-4-12(5-7-13)19-16(20)11-3-8-14(17)15(18)10-11/h3-8,10H,2,9H2,1H3,(H,19,20). The lowest BCUT2D eigenvalue weighted by atomic mass is 10.2. The van der Waals surface area contributed by atoms with Crippen molar-refractivity contribution in [3.8, 4) is 5.75 Å². The van der Waals surface area contributed by atoms with Crippen LogP contribution in [0, 0.1) is 11.6 Å². The second-order valence-corrected chi connectivity index (χ2v) is 4.46. The van der Waals surface area contributed by atoms with Crippen LogP contribution in [0.25, 0.3) is 0 Å². The highest BCUT2D eigenvalue weighted by Crippen LogP contribution is 2.17. The zero-order valence-electron chi connectivity index (χ0n) is 11.5. The van der Waals surface area contributed by atoms with Crippen LogP contribution in [0.15, 0.2) is 42.5 Å². The third-order valence-corrected chi connectivity index (χ3v) is 2.77. The number of ether oxygens (including phenoxy) is 1. The monoisotopic (exact) mass is 291 g/mol. The van der Waals surface area contributed by atoms with Gasteiger partial charge in [-0.25, -0.2) is 8.78 Å². The van der Waals surface area contributed by atoms with Gasteiger partial charge in [-0.1, -0.05) is 6.92 Å². The van der Waals surface area contributed by atoms with E-state index in [-0.39, 0.29) is 5.56 Å². The number of anilines is 1. The fourth-order valence-corrected chi connectivity index (χ4v) is 1.70. The largest absolute Gasteiger partial charge is 0.494 e. The number of carbonyl (C=O) groups is 1. The molecule has 0 saturated carbocycles. The Balaban J connectivity index is 2.03. The number of halogens is 2. The first-order valence-electron chi connectivity index (χ1n) is 6.59. The van der Waals surface area contributed by atoms with E-state index in [1.165, 1.54) is 6.07 Å². The van der Waals surface area contributed by atoms with Crippen molar-refractivity contribution in [3.63, 3.8) is 0 Å². The van der Waals surface area contributed by atoms with E-state index in [1.54, 1.807) is 24.3 Å². The minimum Gasteiger partial charge on any atom is -0.494 e. The number of carbonyl (C=O) groups excluding carboxylic acids is 1. The lowest BCUT2D eigenvalue weighted by molar-refractivity contribution is 0.102. The molecule has 2 aromatic carbocycles. The van der Waals surface area contributed by atoms with Crippen molar-refractivity contribution in [3.05, 3.63) is 59.7 Å². The van der Waals surface area contributed by atoms with Crippen LogP contribution in [0.2, 0.25) is 0 Å². The molecule has 21 heavy (non-hydrogen) atoms. The number of amides is 1. The summed E-state index contributed by atoms with van der Waals surface area (Å²) in [4.78, 5) is 11.9. The van der Waals surface area contributed by atoms with Gasteiger partial charge in [0.1, 0.15) is 5.75 Å². The summed E-state index contributed by atoms with van der Waals surface area (Å²) < 4.78 is 31.3. The smallest absolute Gasteiger partial charge is 0.255 e. The summed E-state index contributed by atoms with van der Waals surface area (Å²) in [5.74, 6) is -1.83. The van der Waals surface area contributed by atoms with E-state index in [2.05, 4.69) is 5.32 Å². The summed E-state index contributed by atoms with van der Waals surface area (Å²) in [5, 5.41) is 2.60. The fourth-order valence-electron chi connectivity index (χ4n) is 1.70. The lowest BCUT2D eigenvalue weighted by Crippen LogP contribution is -2.12. The summed E-state index contributed by atoms with van der Waals surface area (Å²) in [5.41, 5.74) is 0.605. The van der Waals surface area contributed by atoms with Gasteiger partial charge in [-0.2, -0.15) is 0 Å². The number of hydrogen-bond donors (Lipinski definition) is 1. The minimum absolute atomic E-state index is 0.0557. The SMILES string of the molecule is CCCOc1ccc(NC(=O)c2ccc(F)c(F)c2)cc1. The first kappa shape index (κ1) is 15.0. The molecule has 0 aliphatic rings. The van der Waals surface area contributed by atoms with E-state index in [0.29, 0.717) is 18.0 Å². The second kappa shape index (κ2) is 6.83. The Bertz CT molecular complexity index is 627. The van der Waals surface area contributed by atoms with Crippen LogP contribution >= 0.6 is 0 Å². The van der Waals surface area contributed by atoms with Gasteiger partial charge in [0.2, 0.25) is 0 Å². The van der Waals surface area contributed by atoms with Crippen LogP contribution in [-0.2, 0) is 0 Å². The van der Waals surface area contributed by atoms with Gasteiger partial charge in [0.15, 0.2) is 11.6 Å². The Kier molecular flexibility index (Phi) is 4.87. The van der Waals surface area contributed by atoms with Gasteiger partial charge in [0.05, 0.1) is 6.61 Å². The predicted molar refractivity (Wildman–Crippen MR) is 76.5 cm³/mol. The van der Waals surface area contributed by atoms with E-state index in [0.717, 1.165) is 18.6 Å². The van der Waals surface area contributed by atoms with Crippen LogP contribution in [0.5, 0.6) is 5.75 Å². The molecule has 0 saturated heterocycles. The molecule has 0 unspecified atom stereocenters. The Labute approximate surface area is 121 Å². The molecule has 0 aromatic heterocycles. The van der Waals surface area contributed by atoms with E-state index in [9.17, 15) is 13.6 Å². The molecule has 2 rings (SSSR count). The molecule has 2 aromatic rings. The molecule has 1 amide bonds. The van der Waals surface area contributed by atoms with E-state index >= 15 is 0 Å². The predicted octanol–water partition coefficient (Wildman–Crippen LogP) is 4.01. The minimum atomic E-state index is -1.05. The van der Waals surface area contributed by atoms with Gasteiger partial charge in [-0.05, 0) is 48.9 Å². The van der Waals surface area contributed by atoms with Crippen molar-refractivity contribution in [1.29, 1.82) is 0 Å².